The number of carbonyl (C=O) groups excluding carboxylic acids is 2. The summed E-state index contributed by atoms with van der Waals surface area (Å²) in [5.41, 5.74) is 0. The number of halogens is 2. The fourth-order valence-corrected chi connectivity index (χ4v) is 1.20. The Balaban J connectivity index is 4.38. The fourth-order valence-electron chi connectivity index (χ4n) is 0.922. The first-order valence-corrected chi connectivity index (χ1v) is 5.48. The normalized spacial score (nSPS) is 10.5. The maximum Gasteiger partial charge on any atom is 0.256 e. The molecule has 0 aliphatic carbocycles. The molecule has 0 fully saturated rings. The van der Waals surface area contributed by atoms with Gasteiger partial charge in [-0.15, -0.1) is 6.58 Å². The molecule has 0 aliphatic heterocycles. The summed E-state index contributed by atoms with van der Waals surface area (Å²) >= 11 is 10.9. The highest BCUT2D eigenvalue weighted by atomic mass is 35.5. The van der Waals surface area contributed by atoms with E-state index in [1.54, 1.807) is 13.0 Å². The van der Waals surface area contributed by atoms with Crippen molar-refractivity contribution in [2.24, 2.45) is 0 Å². The van der Waals surface area contributed by atoms with Crippen molar-refractivity contribution in [2.75, 3.05) is 13.1 Å². The summed E-state index contributed by atoms with van der Waals surface area (Å²) < 4.78 is 0. The Morgan fingerprint density at radius 2 is 2.12 bits per heavy atom. The molecule has 0 aromatic heterocycles. The van der Waals surface area contributed by atoms with Crippen LogP contribution in [0.5, 0.6) is 0 Å². The molecule has 2 amide bonds. The Morgan fingerprint density at radius 1 is 1.50 bits per heavy atom. The summed E-state index contributed by atoms with van der Waals surface area (Å²) in [5.74, 6) is -0.832. The maximum absolute atomic E-state index is 11.5. The smallest absolute Gasteiger partial charge is 0.256 e. The van der Waals surface area contributed by atoms with Crippen molar-refractivity contribution < 1.29 is 9.59 Å². The molecule has 0 radical (unpaired) electrons. The maximum atomic E-state index is 11.5. The molecule has 0 atom stereocenters. The minimum absolute atomic E-state index is 0.106. The van der Waals surface area contributed by atoms with Gasteiger partial charge in [-0.1, -0.05) is 35.4 Å². The van der Waals surface area contributed by atoms with Gasteiger partial charge in [-0.2, -0.15) is 0 Å². The van der Waals surface area contributed by atoms with Crippen LogP contribution < -0.4 is 5.32 Å². The molecule has 0 heterocycles. The molecule has 1 N–H and O–H groups in total. The second kappa shape index (κ2) is 8.19. The van der Waals surface area contributed by atoms with Crippen molar-refractivity contribution in [3.05, 3.63) is 24.9 Å². The first kappa shape index (κ1) is 15.0. The van der Waals surface area contributed by atoms with Crippen LogP contribution >= 0.6 is 23.2 Å². The molecule has 6 heteroatoms. The van der Waals surface area contributed by atoms with Gasteiger partial charge in [0.05, 0.1) is 0 Å². The van der Waals surface area contributed by atoms with Crippen LogP contribution in [0.2, 0.25) is 0 Å². The van der Waals surface area contributed by atoms with Crippen molar-refractivity contribution in [2.45, 2.75) is 11.8 Å². The van der Waals surface area contributed by atoms with Crippen LogP contribution in [0.1, 0.15) is 6.92 Å². The number of hydrogen-bond acceptors (Lipinski definition) is 2. The zero-order chi connectivity index (χ0) is 12.6. The number of nitrogens with zero attached hydrogens (tertiary/aromatic N) is 1. The van der Waals surface area contributed by atoms with Gasteiger partial charge in [0.25, 0.3) is 5.91 Å². The number of carbonyl (C=O) groups is 2. The molecule has 0 aromatic carbocycles. The van der Waals surface area contributed by atoms with Gasteiger partial charge in [-0.3, -0.25) is 9.59 Å². The van der Waals surface area contributed by atoms with Crippen molar-refractivity contribution in [1.82, 2.24) is 10.2 Å². The standard InChI is InChI=1S/C10H14Cl2N2O2/c1-3-5-13-8(15)7-14(6-4-2)10(16)9(11)12/h3-5,9H,2,6-7H2,1H3,(H,13,15). The third kappa shape index (κ3) is 5.78. The lowest BCUT2D eigenvalue weighted by atomic mass is 10.4. The van der Waals surface area contributed by atoms with Gasteiger partial charge in [0.1, 0.15) is 6.54 Å². The third-order valence-electron chi connectivity index (χ3n) is 1.59. The van der Waals surface area contributed by atoms with Crippen LogP contribution in [0, 0.1) is 0 Å². The zero-order valence-corrected chi connectivity index (χ0v) is 10.5. The molecular formula is C10H14Cl2N2O2. The van der Waals surface area contributed by atoms with Crippen LogP contribution in [-0.2, 0) is 9.59 Å². The number of nitrogens with one attached hydrogen (secondary N) is 1. The molecule has 0 unspecified atom stereocenters. The van der Waals surface area contributed by atoms with E-state index in [1.807, 2.05) is 0 Å². The molecule has 0 saturated carbocycles. The number of hydrogen-bond donors (Lipinski definition) is 1. The van der Waals surface area contributed by atoms with Gasteiger partial charge in [0.15, 0.2) is 4.84 Å². The Kier molecular flexibility index (Phi) is 7.68. The van der Waals surface area contributed by atoms with Crippen LogP contribution in [0.4, 0.5) is 0 Å². The molecule has 0 rings (SSSR count). The summed E-state index contributed by atoms with van der Waals surface area (Å²) in [6.45, 7) is 5.36. The molecule has 16 heavy (non-hydrogen) atoms. The zero-order valence-electron chi connectivity index (χ0n) is 8.95. The van der Waals surface area contributed by atoms with Crippen molar-refractivity contribution in [3.8, 4) is 0 Å². The van der Waals surface area contributed by atoms with E-state index in [1.165, 1.54) is 17.2 Å². The lowest BCUT2D eigenvalue weighted by Gasteiger charge is -2.20. The minimum Gasteiger partial charge on any atom is -0.331 e. The number of rotatable bonds is 6. The molecule has 0 bridgehead atoms. The van der Waals surface area contributed by atoms with E-state index in [9.17, 15) is 9.59 Å². The Hall–Kier alpha value is -1.000. The summed E-state index contributed by atoms with van der Waals surface area (Å²) in [5, 5.41) is 2.48. The second-order valence-electron chi connectivity index (χ2n) is 2.88. The van der Waals surface area contributed by atoms with Gasteiger partial charge in [0.2, 0.25) is 5.91 Å². The van der Waals surface area contributed by atoms with Crippen molar-refractivity contribution >= 4 is 35.0 Å². The third-order valence-corrected chi connectivity index (χ3v) is 1.97. The monoisotopic (exact) mass is 264 g/mol. The predicted molar refractivity (Wildman–Crippen MR) is 65.2 cm³/mol. The van der Waals surface area contributed by atoms with Gasteiger partial charge < -0.3 is 10.2 Å². The molecule has 0 aliphatic rings. The van der Waals surface area contributed by atoms with E-state index >= 15 is 0 Å². The van der Waals surface area contributed by atoms with Crippen LogP contribution in [0.15, 0.2) is 24.9 Å². The fraction of sp³-hybridized carbons (Fsp3) is 0.400. The van der Waals surface area contributed by atoms with E-state index in [0.29, 0.717) is 0 Å². The van der Waals surface area contributed by atoms with Crippen LogP contribution in [0.3, 0.4) is 0 Å². The molecule has 0 saturated heterocycles. The van der Waals surface area contributed by atoms with Crippen molar-refractivity contribution in [3.63, 3.8) is 0 Å². The first-order chi connectivity index (χ1) is 7.52. The SMILES string of the molecule is C=CCN(CC(=O)NC=CC)C(=O)C(Cl)Cl. The average Bonchev–Trinajstić information content (AvgIpc) is 2.24. The molecule has 4 nitrogen and oxygen atoms in total. The topological polar surface area (TPSA) is 49.4 Å². The molecule has 0 aromatic rings. The highest BCUT2D eigenvalue weighted by molar-refractivity contribution is 6.53. The molecule has 90 valence electrons. The van der Waals surface area contributed by atoms with Gasteiger partial charge in [-0.05, 0) is 13.1 Å². The lowest BCUT2D eigenvalue weighted by Crippen LogP contribution is -2.41. The van der Waals surface area contributed by atoms with E-state index in [-0.39, 0.29) is 19.0 Å². The predicted octanol–water partition coefficient (Wildman–Crippen LogP) is 1.45. The highest BCUT2D eigenvalue weighted by Gasteiger charge is 2.21. The highest BCUT2D eigenvalue weighted by Crippen LogP contribution is 2.06. The molecule has 0 spiro atoms. The summed E-state index contributed by atoms with van der Waals surface area (Å²) in [6, 6.07) is 0. The van der Waals surface area contributed by atoms with E-state index in [4.69, 9.17) is 23.2 Å². The Labute approximate surface area is 105 Å². The minimum atomic E-state index is -1.17. The number of alkyl halides is 2. The summed E-state index contributed by atoms with van der Waals surface area (Å²) in [7, 11) is 0. The molecular weight excluding hydrogens is 251 g/mol. The van der Waals surface area contributed by atoms with E-state index < -0.39 is 10.7 Å². The van der Waals surface area contributed by atoms with Crippen LogP contribution in [-0.4, -0.2) is 34.6 Å². The average molecular weight is 265 g/mol. The van der Waals surface area contributed by atoms with E-state index in [2.05, 4.69) is 11.9 Å². The van der Waals surface area contributed by atoms with Gasteiger partial charge >= 0.3 is 0 Å². The Morgan fingerprint density at radius 3 is 2.56 bits per heavy atom. The Bertz CT molecular complexity index is 291. The largest absolute Gasteiger partial charge is 0.331 e. The lowest BCUT2D eigenvalue weighted by molar-refractivity contribution is -0.133. The van der Waals surface area contributed by atoms with E-state index in [0.717, 1.165) is 0 Å². The van der Waals surface area contributed by atoms with Crippen LogP contribution in [0.25, 0.3) is 0 Å². The quantitative estimate of drug-likeness (QED) is 0.583. The summed E-state index contributed by atoms with van der Waals surface area (Å²) in [6.07, 6.45) is 4.65. The second-order valence-corrected chi connectivity index (χ2v) is 3.97. The summed E-state index contributed by atoms with van der Waals surface area (Å²) in [4.78, 5) is 22.8. The van der Waals surface area contributed by atoms with Crippen molar-refractivity contribution in [1.29, 1.82) is 0 Å². The number of amides is 2. The number of allylic oxidation sites excluding steroid dienone is 1. The van der Waals surface area contributed by atoms with Gasteiger partial charge in [-0.25, -0.2) is 0 Å². The first-order valence-electron chi connectivity index (χ1n) is 4.61. The van der Waals surface area contributed by atoms with Gasteiger partial charge in [0, 0.05) is 6.54 Å².